The highest BCUT2D eigenvalue weighted by Crippen LogP contribution is 2.26. The van der Waals surface area contributed by atoms with Gasteiger partial charge in [-0.2, -0.15) is 0 Å². The average Bonchev–Trinajstić information content (AvgIpc) is 2.55. The van der Waals surface area contributed by atoms with Gasteiger partial charge in [0.15, 0.2) is 0 Å². The van der Waals surface area contributed by atoms with Crippen molar-refractivity contribution in [3.8, 4) is 0 Å². The van der Waals surface area contributed by atoms with E-state index in [1.807, 2.05) is 12.2 Å². The first kappa shape index (κ1) is 7.25. The van der Waals surface area contributed by atoms with Crippen molar-refractivity contribution in [3.05, 3.63) is 12.2 Å². The van der Waals surface area contributed by atoms with Gasteiger partial charge in [0.25, 0.3) is 0 Å². The van der Waals surface area contributed by atoms with Gasteiger partial charge in [-0.05, 0) is 13.0 Å². The fraction of sp³-hybridized carbons (Fsp3) is 0.750. The Morgan fingerprint density at radius 3 is 3.00 bits per heavy atom. The summed E-state index contributed by atoms with van der Waals surface area (Å²) in [6, 6.07) is -0.0579. The molecular formula is C8H13FN2. The highest BCUT2D eigenvalue weighted by Gasteiger charge is 2.41. The van der Waals surface area contributed by atoms with Gasteiger partial charge in [0.05, 0.1) is 6.04 Å². The van der Waals surface area contributed by atoms with Crippen LogP contribution in [0.3, 0.4) is 0 Å². The van der Waals surface area contributed by atoms with Gasteiger partial charge < -0.3 is 10.6 Å². The minimum absolute atomic E-state index is 0.0579. The topological polar surface area (TPSA) is 24.1 Å². The number of nitrogens with one attached hydrogen (secondary N) is 2. The van der Waals surface area contributed by atoms with Crippen LogP contribution in [0, 0.1) is 0 Å². The van der Waals surface area contributed by atoms with Crippen molar-refractivity contribution < 1.29 is 4.39 Å². The molecule has 0 bridgehead atoms. The van der Waals surface area contributed by atoms with Crippen molar-refractivity contribution in [2.75, 3.05) is 19.6 Å². The summed E-state index contributed by atoms with van der Waals surface area (Å²) >= 11 is 0. The first-order valence-electron chi connectivity index (χ1n) is 4.11. The maximum Gasteiger partial charge on any atom is 0.143 e. The zero-order valence-corrected chi connectivity index (χ0v) is 6.44. The van der Waals surface area contributed by atoms with Gasteiger partial charge in [-0.3, -0.25) is 0 Å². The molecule has 2 aliphatic rings. The molecule has 2 heterocycles. The van der Waals surface area contributed by atoms with Crippen molar-refractivity contribution in [3.63, 3.8) is 0 Å². The maximum absolute atomic E-state index is 13.8. The molecule has 1 fully saturated rings. The Balaban J connectivity index is 2.06. The van der Waals surface area contributed by atoms with Crippen LogP contribution in [-0.4, -0.2) is 31.3 Å². The van der Waals surface area contributed by atoms with Gasteiger partial charge >= 0.3 is 0 Å². The second-order valence-corrected chi connectivity index (χ2v) is 3.28. The van der Waals surface area contributed by atoms with E-state index in [0.717, 1.165) is 13.1 Å². The zero-order valence-electron chi connectivity index (χ0n) is 6.44. The Hall–Kier alpha value is -0.410. The summed E-state index contributed by atoms with van der Waals surface area (Å²) in [5.74, 6) is 0. The Kier molecular flexibility index (Phi) is 1.69. The van der Waals surface area contributed by atoms with E-state index in [-0.39, 0.29) is 6.04 Å². The van der Waals surface area contributed by atoms with Crippen LogP contribution in [0.25, 0.3) is 0 Å². The molecule has 2 rings (SSSR count). The third-order valence-electron chi connectivity index (χ3n) is 2.48. The Bertz CT molecular complexity index is 173. The molecule has 2 N–H and O–H groups in total. The van der Waals surface area contributed by atoms with Crippen LogP contribution in [0.4, 0.5) is 4.39 Å². The number of hydrogen-bond acceptors (Lipinski definition) is 2. The van der Waals surface area contributed by atoms with Gasteiger partial charge in [-0.1, -0.05) is 12.2 Å². The smallest absolute Gasteiger partial charge is 0.143 e. The van der Waals surface area contributed by atoms with Gasteiger partial charge in [-0.25, -0.2) is 4.39 Å². The third kappa shape index (κ3) is 1.19. The molecule has 0 spiro atoms. The molecule has 0 aromatic rings. The second kappa shape index (κ2) is 2.57. The van der Waals surface area contributed by atoms with Crippen molar-refractivity contribution in [2.24, 2.45) is 0 Å². The van der Waals surface area contributed by atoms with Gasteiger partial charge in [0.1, 0.15) is 5.67 Å². The quantitative estimate of drug-likeness (QED) is 0.530. The molecule has 0 amide bonds. The highest BCUT2D eigenvalue weighted by molar-refractivity contribution is 5.13. The summed E-state index contributed by atoms with van der Waals surface area (Å²) < 4.78 is 13.8. The normalized spacial score (nSPS) is 43.5. The Labute approximate surface area is 65.9 Å². The van der Waals surface area contributed by atoms with Crippen molar-refractivity contribution in [1.82, 2.24) is 10.6 Å². The first-order chi connectivity index (χ1) is 5.31. The van der Waals surface area contributed by atoms with Crippen LogP contribution >= 0.6 is 0 Å². The summed E-state index contributed by atoms with van der Waals surface area (Å²) in [5, 5.41) is 6.15. The SMILES string of the molecule is FC1(C2C=CCN2)CCNC1. The van der Waals surface area contributed by atoms with Gasteiger partial charge in [0, 0.05) is 13.1 Å². The molecule has 2 atom stereocenters. The van der Waals surface area contributed by atoms with Crippen LogP contribution in [-0.2, 0) is 0 Å². The van der Waals surface area contributed by atoms with E-state index in [2.05, 4.69) is 10.6 Å². The number of halogens is 1. The maximum atomic E-state index is 13.8. The van der Waals surface area contributed by atoms with E-state index in [1.54, 1.807) is 0 Å². The summed E-state index contributed by atoms with van der Waals surface area (Å²) in [6.45, 7) is 2.12. The lowest BCUT2D eigenvalue weighted by Gasteiger charge is -2.24. The Morgan fingerprint density at radius 2 is 2.45 bits per heavy atom. The molecular weight excluding hydrogens is 143 g/mol. The molecule has 0 radical (unpaired) electrons. The van der Waals surface area contributed by atoms with E-state index in [0.29, 0.717) is 13.0 Å². The molecule has 0 aliphatic carbocycles. The van der Waals surface area contributed by atoms with E-state index in [1.165, 1.54) is 0 Å². The van der Waals surface area contributed by atoms with Gasteiger partial charge in [0.2, 0.25) is 0 Å². The number of hydrogen-bond donors (Lipinski definition) is 2. The lowest BCUT2D eigenvalue weighted by molar-refractivity contribution is 0.157. The fourth-order valence-electron chi connectivity index (χ4n) is 1.77. The molecule has 2 nitrogen and oxygen atoms in total. The monoisotopic (exact) mass is 156 g/mol. The van der Waals surface area contributed by atoms with Gasteiger partial charge in [-0.15, -0.1) is 0 Å². The van der Waals surface area contributed by atoms with E-state index < -0.39 is 5.67 Å². The van der Waals surface area contributed by atoms with E-state index in [9.17, 15) is 4.39 Å². The summed E-state index contributed by atoms with van der Waals surface area (Å²) in [5.41, 5.74) is -1.03. The zero-order chi connectivity index (χ0) is 7.73. The average molecular weight is 156 g/mol. The van der Waals surface area contributed by atoms with Crippen LogP contribution in [0.5, 0.6) is 0 Å². The van der Waals surface area contributed by atoms with Crippen molar-refractivity contribution in [2.45, 2.75) is 18.1 Å². The molecule has 1 saturated heterocycles. The number of rotatable bonds is 1. The van der Waals surface area contributed by atoms with E-state index >= 15 is 0 Å². The molecule has 2 unspecified atom stereocenters. The third-order valence-corrected chi connectivity index (χ3v) is 2.48. The Morgan fingerprint density at radius 1 is 1.55 bits per heavy atom. The summed E-state index contributed by atoms with van der Waals surface area (Å²) in [6.07, 6.45) is 4.56. The molecule has 0 aromatic heterocycles. The van der Waals surface area contributed by atoms with Crippen LogP contribution in [0.15, 0.2) is 12.2 Å². The van der Waals surface area contributed by atoms with Crippen molar-refractivity contribution in [1.29, 1.82) is 0 Å². The molecule has 11 heavy (non-hydrogen) atoms. The van der Waals surface area contributed by atoms with Crippen LogP contribution < -0.4 is 10.6 Å². The highest BCUT2D eigenvalue weighted by atomic mass is 19.1. The number of alkyl halides is 1. The predicted octanol–water partition coefficient (Wildman–Crippen LogP) is 0.216. The molecule has 3 heteroatoms. The van der Waals surface area contributed by atoms with Crippen LogP contribution in [0.2, 0.25) is 0 Å². The lowest BCUT2D eigenvalue weighted by atomic mass is 9.96. The lowest BCUT2D eigenvalue weighted by Crippen LogP contribution is -2.45. The fourth-order valence-corrected chi connectivity index (χ4v) is 1.77. The van der Waals surface area contributed by atoms with Crippen molar-refractivity contribution >= 4 is 0 Å². The second-order valence-electron chi connectivity index (χ2n) is 3.28. The summed E-state index contributed by atoms with van der Waals surface area (Å²) in [4.78, 5) is 0. The largest absolute Gasteiger partial charge is 0.313 e. The molecule has 0 saturated carbocycles. The predicted molar refractivity (Wildman–Crippen MR) is 42.3 cm³/mol. The molecule has 2 aliphatic heterocycles. The first-order valence-corrected chi connectivity index (χ1v) is 4.11. The molecule has 0 aromatic carbocycles. The van der Waals surface area contributed by atoms with E-state index in [4.69, 9.17) is 0 Å². The molecule has 62 valence electrons. The minimum atomic E-state index is -1.03. The minimum Gasteiger partial charge on any atom is -0.313 e. The van der Waals surface area contributed by atoms with Crippen LogP contribution in [0.1, 0.15) is 6.42 Å². The standard InChI is InChI=1S/C8H13FN2/c9-8(3-5-10-6-8)7-2-1-4-11-7/h1-2,7,10-11H,3-6H2. The summed E-state index contributed by atoms with van der Waals surface area (Å²) in [7, 11) is 0.